The number of hydrogen-bond donors (Lipinski definition) is 1. The van der Waals surface area contributed by atoms with E-state index in [9.17, 15) is 19.5 Å². The second kappa shape index (κ2) is 7.74. The molecule has 2 saturated heterocycles. The smallest absolute Gasteiger partial charge is 0.328 e. The predicted molar refractivity (Wildman–Crippen MR) is 90.5 cm³/mol. The zero-order valence-corrected chi connectivity index (χ0v) is 14.6. The molecule has 2 atom stereocenters. The number of rotatable bonds is 5. The predicted octanol–water partition coefficient (Wildman–Crippen LogP) is 0.356. The fourth-order valence-corrected chi connectivity index (χ4v) is 3.35. The molecule has 0 aliphatic carbocycles. The minimum absolute atomic E-state index is 0.0166. The number of nitrogens with zero attached hydrogens (tertiary/aromatic N) is 2. The van der Waals surface area contributed by atoms with Gasteiger partial charge >= 0.3 is 5.97 Å². The topological polar surface area (TPSA) is 96.4 Å². The third-order valence-corrected chi connectivity index (χ3v) is 4.79. The van der Waals surface area contributed by atoms with Gasteiger partial charge in [-0.05, 0) is 17.7 Å². The summed E-state index contributed by atoms with van der Waals surface area (Å²) in [5, 5.41) is 9.28. The van der Waals surface area contributed by atoms with Crippen LogP contribution < -0.4 is 4.74 Å². The summed E-state index contributed by atoms with van der Waals surface area (Å²) >= 11 is 0. The lowest BCUT2D eigenvalue weighted by molar-refractivity contribution is -0.160. The number of carboxylic acid groups (broad SMARTS) is 1. The van der Waals surface area contributed by atoms with Crippen molar-refractivity contribution in [1.82, 2.24) is 9.80 Å². The zero-order valence-electron chi connectivity index (χ0n) is 14.6. The van der Waals surface area contributed by atoms with E-state index in [1.807, 2.05) is 24.3 Å². The molecule has 26 heavy (non-hydrogen) atoms. The van der Waals surface area contributed by atoms with Gasteiger partial charge in [-0.3, -0.25) is 9.59 Å². The summed E-state index contributed by atoms with van der Waals surface area (Å²) in [4.78, 5) is 39.4. The van der Waals surface area contributed by atoms with Gasteiger partial charge in [-0.1, -0.05) is 12.1 Å². The number of methoxy groups -OCH3 is 1. The van der Waals surface area contributed by atoms with Crippen LogP contribution in [0.25, 0.3) is 0 Å². The Labute approximate surface area is 151 Å². The molecular weight excluding hydrogens is 340 g/mol. The molecule has 1 aromatic rings. The lowest BCUT2D eigenvalue weighted by Gasteiger charge is -2.34. The van der Waals surface area contributed by atoms with Crippen molar-refractivity contribution in [2.24, 2.45) is 5.92 Å². The van der Waals surface area contributed by atoms with E-state index >= 15 is 0 Å². The van der Waals surface area contributed by atoms with Crippen LogP contribution in [0.15, 0.2) is 24.3 Å². The first-order chi connectivity index (χ1) is 12.5. The monoisotopic (exact) mass is 362 g/mol. The molecular formula is C18H22N2O6. The molecule has 2 amide bonds. The average Bonchev–Trinajstić information content (AvgIpc) is 3.02. The highest BCUT2D eigenvalue weighted by Gasteiger charge is 2.41. The van der Waals surface area contributed by atoms with E-state index in [0.717, 1.165) is 11.3 Å². The summed E-state index contributed by atoms with van der Waals surface area (Å²) in [6.07, 6.45) is 0.110. The van der Waals surface area contributed by atoms with E-state index in [-0.39, 0.29) is 31.4 Å². The minimum Gasteiger partial charge on any atom is -0.497 e. The number of benzene rings is 1. The van der Waals surface area contributed by atoms with Crippen molar-refractivity contribution in [3.8, 4) is 5.75 Å². The van der Waals surface area contributed by atoms with E-state index in [0.29, 0.717) is 19.7 Å². The van der Waals surface area contributed by atoms with Crippen LogP contribution in [-0.4, -0.2) is 72.1 Å². The highest BCUT2D eigenvalue weighted by Crippen LogP contribution is 2.24. The lowest BCUT2D eigenvalue weighted by atomic mass is 10.1. The average molecular weight is 362 g/mol. The fraction of sp³-hybridized carbons (Fsp3) is 0.500. The molecule has 0 aromatic heterocycles. The van der Waals surface area contributed by atoms with Crippen LogP contribution in [-0.2, 0) is 25.7 Å². The number of likely N-dealkylation sites (tertiary alicyclic amines) is 1. The summed E-state index contributed by atoms with van der Waals surface area (Å²) in [6, 6.07) is 6.42. The van der Waals surface area contributed by atoms with Gasteiger partial charge in [-0.25, -0.2) is 4.79 Å². The van der Waals surface area contributed by atoms with E-state index in [1.165, 1.54) is 4.90 Å². The number of carbonyl (C=O) groups is 3. The Morgan fingerprint density at radius 1 is 1.31 bits per heavy atom. The molecule has 140 valence electrons. The summed E-state index contributed by atoms with van der Waals surface area (Å²) < 4.78 is 10.3. The van der Waals surface area contributed by atoms with E-state index in [2.05, 4.69) is 0 Å². The number of ether oxygens (including phenoxy) is 2. The maximum Gasteiger partial charge on any atom is 0.328 e. The van der Waals surface area contributed by atoms with Crippen molar-refractivity contribution >= 4 is 17.8 Å². The molecule has 2 aliphatic rings. The number of morpholine rings is 1. The lowest BCUT2D eigenvalue weighted by Crippen LogP contribution is -2.54. The Hall–Kier alpha value is -2.61. The maximum absolute atomic E-state index is 12.8. The summed E-state index contributed by atoms with van der Waals surface area (Å²) in [7, 11) is 1.59. The molecule has 2 fully saturated rings. The number of aliphatic carboxylic acids is 1. The fourth-order valence-electron chi connectivity index (χ4n) is 3.35. The van der Waals surface area contributed by atoms with Gasteiger partial charge in [0.25, 0.3) is 0 Å². The van der Waals surface area contributed by atoms with E-state index in [4.69, 9.17) is 9.47 Å². The van der Waals surface area contributed by atoms with Crippen molar-refractivity contribution in [2.75, 3.05) is 33.4 Å². The van der Waals surface area contributed by atoms with E-state index in [1.54, 1.807) is 12.0 Å². The Morgan fingerprint density at radius 3 is 2.69 bits per heavy atom. The first-order valence-electron chi connectivity index (χ1n) is 8.51. The van der Waals surface area contributed by atoms with Crippen LogP contribution in [0.5, 0.6) is 5.75 Å². The van der Waals surface area contributed by atoms with Crippen molar-refractivity contribution in [3.63, 3.8) is 0 Å². The molecule has 1 N–H and O–H groups in total. The normalized spacial score (nSPS) is 23.2. The van der Waals surface area contributed by atoms with Gasteiger partial charge in [-0.2, -0.15) is 0 Å². The molecule has 0 saturated carbocycles. The van der Waals surface area contributed by atoms with Crippen LogP contribution in [0.3, 0.4) is 0 Å². The second-order valence-electron chi connectivity index (χ2n) is 6.48. The van der Waals surface area contributed by atoms with Gasteiger partial charge in [0.15, 0.2) is 6.04 Å². The van der Waals surface area contributed by atoms with Crippen LogP contribution in [0.1, 0.15) is 12.0 Å². The third kappa shape index (κ3) is 3.80. The van der Waals surface area contributed by atoms with Gasteiger partial charge in [0.2, 0.25) is 11.8 Å². The highest BCUT2D eigenvalue weighted by atomic mass is 16.5. The molecule has 0 spiro atoms. The van der Waals surface area contributed by atoms with Crippen LogP contribution in [0, 0.1) is 5.92 Å². The van der Waals surface area contributed by atoms with E-state index < -0.39 is 17.9 Å². The Kier molecular flexibility index (Phi) is 5.41. The Balaban J connectivity index is 1.64. The Morgan fingerprint density at radius 2 is 2.04 bits per heavy atom. The van der Waals surface area contributed by atoms with Gasteiger partial charge < -0.3 is 24.4 Å². The van der Waals surface area contributed by atoms with Gasteiger partial charge in [0, 0.05) is 26.1 Å². The Bertz CT molecular complexity index is 689. The van der Waals surface area contributed by atoms with Gasteiger partial charge in [-0.15, -0.1) is 0 Å². The second-order valence-corrected chi connectivity index (χ2v) is 6.48. The highest BCUT2D eigenvalue weighted by molar-refractivity contribution is 5.91. The SMILES string of the molecule is COc1ccc(CN2C[C@@H](C(=O)N3CCOC[C@@H]3C(=O)O)CC2=O)cc1. The first kappa shape index (κ1) is 18.2. The molecule has 2 aliphatic heterocycles. The molecule has 0 radical (unpaired) electrons. The molecule has 2 heterocycles. The summed E-state index contributed by atoms with van der Waals surface area (Å²) in [5.41, 5.74) is 0.946. The van der Waals surface area contributed by atoms with Crippen molar-refractivity contribution in [3.05, 3.63) is 29.8 Å². The summed E-state index contributed by atoms with van der Waals surface area (Å²) in [6.45, 7) is 1.24. The number of amides is 2. The van der Waals surface area contributed by atoms with Crippen molar-refractivity contribution in [1.29, 1.82) is 0 Å². The summed E-state index contributed by atoms with van der Waals surface area (Å²) in [5.74, 6) is -1.25. The van der Waals surface area contributed by atoms with Crippen LogP contribution >= 0.6 is 0 Å². The van der Waals surface area contributed by atoms with Crippen molar-refractivity contribution in [2.45, 2.75) is 19.0 Å². The molecule has 1 aromatic carbocycles. The maximum atomic E-state index is 12.8. The zero-order chi connectivity index (χ0) is 18.7. The van der Waals surface area contributed by atoms with Gasteiger partial charge in [0.1, 0.15) is 5.75 Å². The largest absolute Gasteiger partial charge is 0.497 e. The van der Waals surface area contributed by atoms with Crippen LogP contribution in [0.4, 0.5) is 0 Å². The molecule has 3 rings (SSSR count). The quantitative estimate of drug-likeness (QED) is 0.812. The van der Waals surface area contributed by atoms with Crippen LogP contribution in [0.2, 0.25) is 0 Å². The van der Waals surface area contributed by atoms with Crippen molar-refractivity contribution < 1.29 is 29.0 Å². The molecule has 0 bridgehead atoms. The number of hydrogen-bond acceptors (Lipinski definition) is 5. The number of carboxylic acids is 1. The van der Waals surface area contributed by atoms with Gasteiger partial charge in [0.05, 0.1) is 26.2 Å². The molecule has 0 unspecified atom stereocenters. The molecule has 8 heteroatoms. The standard InChI is InChI=1S/C18H22N2O6/c1-25-14-4-2-12(3-5-14)9-19-10-13(8-16(19)21)17(22)20-6-7-26-11-15(20)18(23)24/h2-5,13,15H,6-11H2,1H3,(H,23,24)/t13-,15+/m0/s1. The molecule has 8 nitrogen and oxygen atoms in total. The number of carbonyl (C=O) groups excluding carboxylic acids is 2. The minimum atomic E-state index is -1.09. The first-order valence-corrected chi connectivity index (χ1v) is 8.51. The third-order valence-electron chi connectivity index (χ3n) is 4.79.